The second kappa shape index (κ2) is 8.84. The molecule has 150 valence electrons. The number of nitrogens with zero attached hydrogens (tertiary/aromatic N) is 3. The summed E-state index contributed by atoms with van der Waals surface area (Å²) in [5, 5.41) is 1.63. The maximum atomic E-state index is 13.1. The SMILES string of the molecule is O=C(CSc1nc2cc(Cl)ccc2c(=O)n1CC1CCCO1)N1CCCCC1. The predicted molar refractivity (Wildman–Crippen MR) is 111 cm³/mol. The van der Waals surface area contributed by atoms with Gasteiger partial charge < -0.3 is 9.64 Å². The fourth-order valence-electron chi connectivity index (χ4n) is 3.80. The van der Waals surface area contributed by atoms with Gasteiger partial charge in [0.15, 0.2) is 5.16 Å². The third kappa shape index (κ3) is 4.36. The molecule has 0 bridgehead atoms. The van der Waals surface area contributed by atoms with Gasteiger partial charge in [-0.2, -0.15) is 0 Å². The van der Waals surface area contributed by atoms with Crippen LogP contribution in [0.25, 0.3) is 10.9 Å². The summed E-state index contributed by atoms with van der Waals surface area (Å²) in [4.78, 5) is 32.3. The van der Waals surface area contributed by atoms with Crippen LogP contribution in [0.15, 0.2) is 28.2 Å². The van der Waals surface area contributed by atoms with Gasteiger partial charge in [-0.05, 0) is 50.3 Å². The zero-order chi connectivity index (χ0) is 19.5. The zero-order valence-corrected chi connectivity index (χ0v) is 17.3. The fraction of sp³-hybridized carbons (Fsp3) is 0.550. The second-order valence-corrected chi connectivity index (χ2v) is 8.72. The number of benzene rings is 1. The number of hydrogen-bond donors (Lipinski definition) is 0. The summed E-state index contributed by atoms with van der Waals surface area (Å²) in [6.07, 6.45) is 5.26. The maximum absolute atomic E-state index is 13.1. The molecule has 0 N–H and O–H groups in total. The normalized spacial score (nSPS) is 20.0. The zero-order valence-electron chi connectivity index (χ0n) is 15.7. The molecule has 28 heavy (non-hydrogen) atoms. The number of aromatic nitrogens is 2. The van der Waals surface area contributed by atoms with Crippen LogP contribution < -0.4 is 5.56 Å². The van der Waals surface area contributed by atoms with E-state index >= 15 is 0 Å². The lowest BCUT2D eigenvalue weighted by Gasteiger charge is -2.26. The summed E-state index contributed by atoms with van der Waals surface area (Å²) in [5.41, 5.74) is 0.457. The van der Waals surface area contributed by atoms with Gasteiger partial charge in [0.1, 0.15) is 0 Å². The van der Waals surface area contributed by atoms with Crippen molar-refractivity contribution in [3.63, 3.8) is 0 Å². The van der Waals surface area contributed by atoms with Gasteiger partial charge in [0.25, 0.3) is 5.56 Å². The highest BCUT2D eigenvalue weighted by Crippen LogP contribution is 2.23. The number of thioether (sulfide) groups is 1. The number of ether oxygens (including phenoxy) is 1. The lowest BCUT2D eigenvalue weighted by molar-refractivity contribution is -0.129. The molecule has 1 unspecified atom stereocenters. The first kappa shape index (κ1) is 19.7. The van der Waals surface area contributed by atoms with Crippen molar-refractivity contribution < 1.29 is 9.53 Å². The van der Waals surface area contributed by atoms with Gasteiger partial charge in [0.05, 0.1) is 29.3 Å². The number of carbonyl (C=O) groups excluding carboxylic acids is 1. The number of likely N-dealkylation sites (tertiary alicyclic amines) is 1. The monoisotopic (exact) mass is 421 g/mol. The average molecular weight is 422 g/mol. The number of piperidine rings is 1. The Hall–Kier alpha value is -1.57. The second-order valence-electron chi connectivity index (χ2n) is 7.34. The van der Waals surface area contributed by atoms with Crippen LogP contribution in [0.5, 0.6) is 0 Å². The number of rotatable bonds is 5. The first-order chi connectivity index (χ1) is 13.6. The maximum Gasteiger partial charge on any atom is 0.262 e. The Morgan fingerprint density at radius 1 is 1.25 bits per heavy atom. The minimum atomic E-state index is -0.106. The number of hydrogen-bond acceptors (Lipinski definition) is 5. The Bertz CT molecular complexity index is 921. The molecule has 1 aromatic carbocycles. The molecule has 2 aliphatic rings. The van der Waals surface area contributed by atoms with E-state index in [-0.39, 0.29) is 23.3 Å². The topological polar surface area (TPSA) is 64.4 Å². The minimum Gasteiger partial charge on any atom is -0.376 e. The van der Waals surface area contributed by atoms with Crippen LogP contribution >= 0.6 is 23.4 Å². The van der Waals surface area contributed by atoms with Gasteiger partial charge in [0, 0.05) is 24.7 Å². The Morgan fingerprint density at radius 2 is 2.07 bits per heavy atom. The van der Waals surface area contributed by atoms with Crippen molar-refractivity contribution in [2.45, 2.75) is 49.9 Å². The number of amides is 1. The third-order valence-electron chi connectivity index (χ3n) is 5.33. The van der Waals surface area contributed by atoms with Crippen molar-refractivity contribution in [3.05, 3.63) is 33.6 Å². The molecule has 2 fully saturated rings. The Labute approximate surface area is 173 Å². The molecule has 0 saturated carbocycles. The van der Waals surface area contributed by atoms with Crippen molar-refractivity contribution in [2.24, 2.45) is 0 Å². The van der Waals surface area contributed by atoms with Crippen LogP contribution in [-0.4, -0.2) is 51.9 Å². The number of carbonyl (C=O) groups is 1. The van der Waals surface area contributed by atoms with Gasteiger partial charge in [-0.25, -0.2) is 4.98 Å². The number of fused-ring (bicyclic) bond motifs is 1. The molecule has 6 nitrogen and oxygen atoms in total. The van der Waals surface area contributed by atoms with E-state index in [1.54, 1.807) is 22.8 Å². The average Bonchev–Trinajstić information content (AvgIpc) is 3.22. The van der Waals surface area contributed by atoms with Gasteiger partial charge in [-0.1, -0.05) is 23.4 Å². The standard InChI is InChI=1S/C20H24ClN3O3S/c21-14-6-7-16-17(11-14)22-20(24(19(16)26)12-15-5-4-10-27-15)28-13-18(25)23-8-2-1-3-9-23/h6-7,11,15H,1-5,8-10,12-13H2. The van der Waals surface area contributed by atoms with Crippen molar-refractivity contribution in [1.82, 2.24) is 14.5 Å². The van der Waals surface area contributed by atoms with Crippen LogP contribution in [-0.2, 0) is 16.1 Å². The molecule has 2 aromatic rings. The third-order valence-corrected chi connectivity index (χ3v) is 6.52. The van der Waals surface area contributed by atoms with E-state index in [9.17, 15) is 9.59 Å². The smallest absolute Gasteiger partial charge is 0.262 e. The van der Waals surface area contributed by atoms with Gasteiger partial charge in [0.2, 0.25) is 5.91 Å². The Balaban J connectivity index is 1.61. The van der Waals surface area contributed by atoms with Crippen LogP contribution in [0, 0.1) is 0 Å². The van der Waals surface area contributed by atoms with E-state index in [0.717, 1.165) is 45.4 Å². The highest BCUT2D eigenvalue weighted by molar-refractivity contribution is 7.99. The highest BCUT2D eigenvalue weighted by Gasteiger charge is 2.22. The van der Waals surface area contributed by atoms with E-state index in [4.69, 9.17) is 16.3 Å². The summed E-state index contributed by atoms with van der Waals surface area (Å²) < 4.78 is 7.39. The Kier molecular flexibility index (Phi) is 6.23. The van der Waals surface area contributed by atoms with Gasteiger partial charge in [-0.3, -0.25) is 14.2 Å². The van der Waals surface area contributed by atoms with E-state index in [1.807, 2.05) is 4.90 Å². The van der Waals surface area contributed by atoms with Crippen molar-refractivity contribution in [1.29, 1.82) is 0 Å². The first-order valence-electron chi connectivity index (χ1n) is 9.84. The van der Waals surface area contributed by atoms with Crippen molar-refractivity contribution >= 4 is 40.2 Å². The molecule has 0 spiro atoms. The van der Waals surface area contributed by atoms with E-state index in [2.05, 4.69) is 4.98 Å². The summed E-state index contributed by atoms with van der Waals surface area (Å²) >= 11 is 7.42. The Morgan fingerprint density at radius 3 is 2.82 bits per heavy atom. The number of halogens is 1. The summed E-state index contributed by atoms with van der Waals surface area (Å²) in [7, 11) is 0. The molecule has 2 aliphatic heterocycles. The lowest BCUT2D eigenvalue weighted by Crippen LogP contribution is -2.37. The summed E-state index contributed by atoms with van der Waals surface area (Å²) in [6, 6.07) is 5.12. The molecule has 3 heterocycles. The van der Waals surface area contributed by atoms with Gasteiger partial charge in [-0.15, -0.1) is 0 Å². The molecule has 4 rings (SSSR count). The van der Waals surface area contributed by atoms with Crippen LogP contribution in [0.3, 0.4) is 0 Å². The molecular formula is C20H24ClN3O3S. The van der Waals surface area contributed by atoms with E-state index in [0.29, 0.717) is 27.6 Å². The van der Waals surface area contributed by atoms with E-state index < -0.39 is 0 Å². The summed E-state index contributed by atoms with van der Waals surface area (Å²) in [5.74, 6) is 0.387. The molecule has 1 atom stereocenters. The fourth-order valence-corrected chi connectivity index (χ4v) is 4.88. The van der Waals surface area contributed by atoms with E-state index in [1.165, 1.54) is 18.2 Å². The van der Waals surface area contributed by atoms with Crippen LogP contribution in [0.2, 0.25) is 5.02 Å². The molecular weight excluding hydrogens is 398 g/mol. The quantitative estimate of drug-likeness (QED) is 0.547. The highest BCUT2D eigenvalue weighted by atomic mass is 35.5. The first-order valence-corrected chi connectivity index (χ1v) is 11.2. The molecule has 0 aliphatic carbocycles. The summed E-state index contributed by atoms with van der Waals surface area (Å²) in [6.45, 7) is 2.84. The molecule has 1 amide bonds. The molecule has 1 aromatic heterocycles. The largest absolute Gasteiger partial charge is 0.376 e. The van der Waals surface area contributed by atoms with Crippen LogP contribution in [0.4, 0.5) is 0 Å². The lowest BCUT2D eigenvalue weighted by atomic mass is 10.1. The molecule has 2 saturated heterocycles. The van der Waals surface area contributed by atoms with Gasteiger partial charge >= 0.3 is 0 Å². The van der Waals surface area contributed by atoms with Crippen LogP contribution in [0.1, 0.15) is 32.1 Å². The van der Waals surface area contributed by atoms with Crippen molar-refractivity contribution in [3.8, 4) is 0 Å². The van der Waals surface area contributed by atoms with Crippen molar-refractivity contribution in [2.75, 3.05) is 25.4 Å². The minimum absolute atomic E-state index is 0.0152. The molecule has 0 radical (unpaired) electrons. The molecule has 8 heteroatoms. The predicted octanol–water partition coefficient (Wildman–Crippen LogP) is 3.33.